The van der Waals surface area contributed by atoms with E-state index in [1.54, 1.807) is 0 Å². The molecule has 0 rings (SSSR count). The van der Waals surface area contributed by atoms with Gasteiger partial charge in [-0.1, -0.05) is 71.1 Å². The van der Waals surface area contributed by atoms with Gasteiger partial charge < -0.3 is 14.8 Å². The Balaban J connectivity index is 0. The third-order valence-electron chi connectivity index (χ3n) is 4.11. The summed E-state index contributed by atoms with van der Waals surface area (Å²) >= 11 is 0. The van der Waals surface area contributed by atoms with E-state index >= 15 is 0 Å². The quantitative estimate of drug-likeness (QED) is 0.229. The van der Waals surface area contributed by atoms with Crippen LogP contribution in [0.15, 0.2) is 0 Å². The van der Waals surface area contributed by atoms with Gasteiger partial charge in [-0.05, 0) is 6.42 Å². The first-order valence-electron chi connectivity index (χ1n) is 8.62. The molecule has 0 amide bonds. The summed E-state index contributed by atoms with van der Waals surface area (Å²) < 4.78 is 33.0. The number of hydrogen-bond acceptors (Lipinski definition) is 5. The SMILES string of the molecule is CCCCCCCCCCCCC(C(=O)O)C(C(=O)O)S(=O)(=O)[O-].[Na+]. The van der Waals surface area contributed by atoms with E-state index in [9.17, 15) is 22.6 Å². The van der Waals surface area contributed by atoms with Gasteiger partial charge in [-0.25, -0.2) is 8.42 Å². The standard InChI is InChI=1S/C16H30O7S.Na/c1-2-3-4-5-6-7-8-9-10-11-12-13(15(17)18)14(16(19)20)24(21,22)23;/h13-14H,2-12H2,1H3,(H,17,18)(H,19,20)(H,21,22,23);/q;+1/p-1. The van der Waals surface area contributed by atoms with Crippen LogP contribution in [0.2, 0.25) is 0 Å². The second-order valence-electron chi connectivity index (χ2n) is 6.17. The van der Waals surface area contributed by atoms with Crippen molar-refractivity contribution < 1.29 is 62.3 Å². The average Bonchev–Trinajstić information content (AvgIpc) is 2.45. The molecule has 0 aromatic carbocycles. The first-order chi connectivity index (χ1) is 11.2. The third-order valence-corrected chi connectivity index (χ3v) is 5.26. The van der Waals surface area contributed by atoms with Crippen LogP contribution in [0.5, 0.6) is 0 Å². The Morgan fingerprint density at radius 1 is 0.840 bits per heavy atom. The molecule has 0 fully saturated rings. The van der Waals surface area contributed by atoms with E-state index < -0.39 is 33.2 Å². The van der Waals surface area contributed by atoms with Gasteiger partial charge in [-0.2, -0.15) is 0 Å². The van der Waals surface area contributed by atoms with Gasteiger partial charge in [0.1, 0.15) is 10.1 Å². The summed E-state index contributed by atoms with van der Waals surface area (Å²) in [5.41, 5.74) is 0. The summed E-state index contributed by atoms with van der Waals surface area (Å²) in [6.45, 7) is 2.16. The van der Waals surface area contributed by atoms with Crippen molar-refractivity contribution in [1.29, 1.82) is 0 Å². The Hall–Kier alpha value is -0.150. The molecule has 0 saturated heterocycles. The first kappa shape index (κ1) is 27.1. The van der Waals surface area contributed by atoms with Crippen LogP contribution in [-0.4, -0.2) is 40.4 Å². The van der Waals surface area contributed by atoms with Crippen molar-refractivity contribution in [3.05, 3.63) is 0 Å². The van der Waals surface area contributed by atoms with Gasteiger partial charge in [0.25, 0.3) is 0 Å². The zero-order chi connectivity index (χ0) is 18.6. The third kappa shape index (κ3) is 12.8. The molecule has 0 spiro atoms. The van der Waals surface area contributed by atoms with Crippen molar-refractivity contribution in [3.8, 4) is 0 Å². The normalized spacial score (nSPS) is 13.7. The summed E-state index contributed by atoms with van der Waals surface area (Å²) in [6.07, 6.45) is 10.1. The van der Waals surface area contributed by atoms with Crippen LogP contribution < -0.4 is 29.6 Å². The fourth-order valence-electron chi connectivity index (χ4n) is 2.75. The molecule has 2 atom stereocenters. The zero-order valence-corrected chi connectivity index (χ0v) is 18.1. The molecule has 2 unspecified atom stereocenters. The number of unbranched alkanes of at least 4 members (excludes halogenated alkanes) is 9. The smallest absolute Gasteiger partial charge is 0.747 e. The Morgan fingerprint density at radius 3 is 1.56 bits per heavy atom. The van der Waals surface area contributed by atoms with Gasteiger partial charge in [-0.15, -0.1) is 0 Å². The molecule has 9 heteroatoms. The van der Waals surface area contributed by atoms with Crippen molar-refractivity contribution in [1.82, 2.24) is 0 Å². The van der Waals surface area contributed by atoms with Crippen LogP contribution in [0.3, 0.4) is 0 Å². The van der Waals surface area contributed by atoms with Crippen molar-refractivity contribution in [2.24, 2.45) is 5.92 Å². The maximum absolute atomic E-state index is 11.1. The van der Waals surface area contributed by atoms with E-state index in [2.05, 4.69) is 6.92 Å². The number of hydrogen-bond donors (Lipinski definition) is 2. The minimum Gasteiger partial charge on any atom is -0.747 e. The van der Waals surface area contributed by atoms with Gasteiger partial charge in [0, 0.05) is 0 Å². The predicted octanol–water partition coefficient (Wildman–Crippen LogP) is 0.000600. The number of carbonyl (C=O) groups is 2. The molecule has 0 bridgehead atoms. The van der Waals surface area contributed by atoms with Crippen LogP contribution in [-0.2, 0) is 19.7 Å². The summed E-state index contributed by atoms with van der Waals surface area (Å²) in [5, 5.41) is 15.5. The van der Waals surface area contributed by atoms with E-state index in [-0.39, 0.29) is 36.0 Å². The minimum absolute atomic E-state index is 0. The average molecular weight is 388 g/mol. The number of rotatable bonds is 15. The molecule has 2 N–H and O–H groups in total. The van der Waals surface area contributed by atoms with E-state index in [1.807, 2.05) is 0 Å². The summed E-state index contributed by atoms with van der Waals surface area (Å²) in [7, 11) is -5.20. The van der Waals surface area contributed by atoms with Gasteiger partial charge >= 0.3 is 41.5 Å². The largest absolute Gasteiger partial charge is 1.00 e. The van der Waals surface area contributed by atoms with Crippen LogP contribution in [0.25, 0.3) is 0 Å². The molecule has 0 aromatic rings. The van der Waals surface area contributed by atoms with Crippen LogP contribution in [0.4, 0.5) is 0 Å². The van der Waals surface area contributed by atoms with Crippen molar-refractivity contribution in [2.75, 3.05) is 0 Å². The fourth-order valence-corrected chi connectivity index (χ4v) is 3.65. The molecule has 0 aliphatic carbocycles. The van der Waals surface area contributed by atoms with Crippen LogP contribution in [0.1, 0.15) is 77.6 Å². The molecule has 0 aliphatic rings. The number of carboxylic acids is 2. The number of carboxylic acid groups (broad SMARTS) is 2. The Bertz CT molecular complexity index is 479. The molecule has 0 aromatic heterocycles. The van der Waals surface area contributed by atoms with Crippen molar-refractivity contribution in [3.63, 3.8) is 0 Å². The molecule has 0 radical (unpaired) electrons. The molecule has 0 heterocycles. The number of aliphatic carboxylic acids is 2. The maximum Gasteiger partial charge on any atom is 1.00 e. The maximum atomic E-state index is 11.1. The van der Waals surface area contributed by atoms with Crippen molar-refractivity contribution >= 4 is 22.1 Å². The Labute approximate surface area is 172 Å². The van der Waals surface area contributed by atoms with E-state index in [1.165, 1.54) is 32.1 Å². The fraction of sp³-hybridized carbons (Fsp3) is 0.875. The molecular formula is C16H29NaO7S. The zero-order valence-electron chi connectivity index (χ0n) is 15.3. The van der Waals surface area contributed by atoms with Gasteiger partial charge in [0.15, 0.2) is 5.25 Å². The second kappa shape index (κ2) is 15.0. The minimum atomic E-state index is -5.20. The molecule has 7 nitrogen and oxygen atoms in total. The van der Waals surface area contributed by atoms with Crippen LogP contribution in [0, 0.1) is 5.92 Å². The molecular weight excluding hydrogens is 359 g/mol. The summed E-state index contributed by atoms with van der Waals surface area (Å²) in [4.78, 5) is 22.0. The van der Waals surface area contributed by atoms with E-state index in [0.29, 0.717) is 12.8 Å². The van der Waals surface area contributed by atoms with Gasteiger partial charge in [-0.3, -0.25) is 9.59 Å². The summed E-state index contributed by atoms with van der Waals surface area (Å²) in [6, 6.07) is 0. The molecule has 0 aliphatic heterocycles. The Morgan fingerprint density at radius 2 is 1.24 bits per heavy atom. The summed E-state index contributed by atoms with van der Waals surface area (Å²) in [5.74, 6) is -5.15. The topological polar surface area (TPSA) is 132 Å². The van der Waals surface area contributed by atoms with Crippen LogP contribution >= 0.6 is 0 Å². The monoisotopic (exact) mass is 388 g/mol. The molecule has 25 heavy (non-hydrogen) atoms. The van der Waals surface area contributed by atoms with Crippen molar-refractivity contribution in [2.45, 2.75) is 82.8 Å². The van der Waals surface area contributed by atoms with E-state index in [0.717, 1.165) is 19.3 Å². The first-order valence-corrected chi connectivity index (χ1v) is 10.1. The molecule has 142 valence electrons. The second-order valence-corrected chi connectivity index (χ2v) is 7.66. The van der Waals surface area contributed by atoms with E-state index in [4.69, 9.17) is 10.2 Å². The molecule has 0 saturated carbocycles. The van der Waals surface area contributed by atoms with Gasteiger partial charge in [0.05, 0.1) is 5.92 Å². The van der Waals surface area contributed by atoms with Gasteiger partial charge in [0.2, 0.25) is 0 Å². The Kier molecular flexibility index (Phi) is 16.2. The predicted molar refractivity (Wildman–Crippen MR) is 88.7 cm³/mol.